The van der Waals surface area contributed by atoms with Crippen LogP contribution in [0, 0.1) is 13.8 Å². The lowest BCUT2D eigenvalue weighted by Crippen LogP contribution is -2.26. The van der Waals surface area contributed by atoms with Crippen molar-refractivity contribution in [2.45, 2.75) is 33.4 Å². The summed E-state index contributed by atoms with van der Waals surface area (Å²) >= 11 is 0. The predicted octanol–water partition coefficient (Wildman–Crippen LogP) is 5.77. The molecule has 0 spiro atoms. The van der Waals surface area contributed by atoms with E-state index < -0.39 is 0 Å². The summed E-state index contributed by atoms with van der Waals surface area (Å²) in [7, 11) is 1.67. The maximum atomic E-state index is 12.0. The number of carbonyl (C=O) groups is 1. The number of ether oxygens (including phenoxy) is 2. The normalized spacial score (nSPS) is 11.6. The van der Waals surface area contributed by atoms with Crippen molar-refractivity contribution in [1.82, 2.24) is 10.5 Å². The van der Waals surface area contributed by atoms with Crippen LogP contribution in [0.3, 0.4) is 0 Å². The van der Waals surface area contributed by atoms with Gasteiger partial charge in [-0.3, -0.25) is 4.79 Å². The molecule has 34 heavy (non-hydrogen) atoms. The lowest BCUT2D eigenvalue weighted by Gasteiger charge is -2.20. The minimum absolute atomic E-state index is 0.0995. The SMILES string of the molecule is COc1ccccc1-c1ccc(C(NC(C)=O)c2ccc(OCc3c(C)noc3C)cc2)cc1. The van der Waals surface area contributed by atoms with Crippen LogP contribution in [0.1, 0.15) is 41.1 Å². The number of para-hydroxylation sites is 1. The highest BCUT2D eigenvalue weighted by atomic mass is 16.5. The number of nitrogens with zero attached hydrogens (tertiary/aromatic N) is 1. The molecule has 6 nitrogen and oxygen atoms in total. The van der Waals surface area contributed by atoms with Crippen molar-refractivity contribution in [2.75, 3.05) is 7.11 Å². The van der Waals surface area contributed by atoms with Gasteiger partial charge in [-0.2, -0.15) is 0 Å². The smallest absolute Gasteiger partial charge is 0.217 e. The molecule has 6 heteroatoms. The number of nitrogens with one attached hydrogen (secondary N) is 1. The van der Waals surface area contributed by atoms with Crippen LogP contribution in [-0.4, -0.2) is 18.2 Å². The zero-order chi connectivity index (χ0) is 24.1. The maximum Gasteiger partial charge on any atom is 0.217 e. The summed E-state index contributed by atoms with van der Waals surface area (Å²) < 4.78 is 16.6. The molecule has 0 aliphatic heterocycles. The largest absolute Gasteiger partial charge is 0.496 e. The van der Waals surface area contributed by atoms with E-state index in [0.29, 0.717) is 6.61 Å². The van der Waals surface area contributed by atoms with Crippen LogP contribution in [0.5, 0.6) is 11.5 Å². The first-order chi connectivity index (χ1) is 16.5. The molecule has 4 aromatic rings. The molecular weight excluding hydrogens is 428 g/mol. The third kappa shape index (κ3) is 5.12. The number of amides is 1. The van der Waals surface area contributed by atoms with E-state index >= 15 is 0 Å². The summed E-state index contributed by atoms with van der Waals surface area (Å²) in [5.74, 6) is 2.21. The van der Waals surface area contributed by atoms with E-state index in [9.17, 15) is 4.79 Å². The summed E-state index contributed by atoms with van der Waals surface area (Å²) in [5.41, 5.74) is 5.80. The molecule has 3 aromatic carbocycles. The molecule has 1 N–H and O–H groups in total. The van der Waals surface area contributed by atoms with Gasteiger partial charge in [0.1, 0.15) is 23.9 Å². The molecule has 0 fully saturated rings. The van der Waals surface area contributed by atoms with Crippen LogP contribution in [0.4, 0.5) is 0 Å². The molecule has 4 rings (SSSR count). The molecule has 0 aliphatic carbocycles. The third-order valence-corrected chi connectivity index (χ3v) is 5.79. The minimum Gasteiger partial charge on any atom is -0.496 e. The molecule has 1 atom stereocenters. The van der Waals surface area contributed by atoms with Crippen molar-refractivity contribution < 1.29 is 18.8 Å². The quantitative estimate of drug-likeness (QED) is 0.364. The van der Waals surface area contributed by atoms with Gasteiger partial charge in [-0.1, -0.05) is 59.8 Å². The standard InChI is InChI=1S/C28H28N2O4/c1-18-26(19(2)34-30-18)17-33-24-15-13-23(14-16-24)28(29-20(3)31)22-11-9-21(10-12-22)25-7-5-6-8-27(25)32-4/h5-16,28H,17H2,1-4H3,(H,29,31). The van der Waals surface area contributed by atoms with Gasteiger partial charge in [0.05, 0.1) is 24.4 Å². The fourth-order valence-electron chi connectivity index (χ4n) is 3.92. The van der Waals surface area contributed by atoms with Gasteiger partial charge in [0.2, 0.25) is 5.91 Å². The Hall–Kier alpha value is -4.06. The Balaban J connectivity index is 1.54. The Labute approximate surface area is 199 Å². The van der Waals surface area contributed by atoms with Crippen LogP contribution in [0.15, 0.2) is 77.3 Å². The lowest BCUT2D eigenvalue weighted by atomic mass is 9.95. The van der Waals surface area contributed by atoms with Crippen LogP contribution in [-0.2, 0) is 11.4 Å². The Kier molecular flexibility index (Phi) is 6.97. The van der Waals surface area contributed by atoms with E-state index in [1.807, 2.05) is 86.6 Å². The number of benzene rings is 3. The molecule has 0 bridgehead atoms. The zero-order valence-corrected chi connectivity index (χ0v) is 19.8. The van der Waals surface area contributed by atoms with Gasteiger partial charge in [-0.15, -0.1) is 0 Å². The lowest BCUT2D eigenvalue weighted by molar-refractivity contribution is -0.119. The summed E-state index contributed by atoms with van der Waals surface area (Å²) in [4.78, 5) is 12.0. The number of carbonyl (C=O) groups excluding carboxylic acids is 1. The van der Waals surface area contributed by atoms with Crippen LogP contribution >= 0.6 is 0 Å². The zero-order valence-electron chi connectivity index (χ0n) is 19.8. The summed E-state index contributed by atoms with van der Waals surface area (Å²) in [6.07, 6.45) is 0. The molecule has 0 radical (unpaired) electrons. The fourth-order valence-corrected chi connectivity index (χ4v) is 3.92. The second kappa shape index (κ2) is 10.3. The highest BCUT2D eigenvalue weighted by Gasteiger charge is 2.16. The maximum absolute atomic E-state index is 12.0. The molecule has 1 unspecified atom stereocenters. The molecular formula is C28H28N2O4. The van der Waals surface area contributed by atoms with Crippen molar-refractivity contribution in [3.8, 4) is 22.6 Å². The Morgan fingerprint density at radius 1 is 0.971 bits per heavy atom. The average molecular weight is 457 g/mol. The summed E-state index contributed by atoms with van der Waals surface area (Å²) in [6.45, 7) is 5.69. The summed E-state index contributed by atoms with van der Waals surface area (Å²) in [6, 6.07) is 23.5. The second-order valence-corrected chi connectivity index (χ2v) is 8.12. The van der Waals surface area contributed by atoms with E-state index in [4.69, 9.17) is 14.0 Å². The van der Waals surface area contributed by atoms with E-state index in [1.54, 1.807) is 7.11 Å². The van der Waals surface area contributed by atoms with Gasteiger partial charge in [-0.25, -0.2) is 0 Å². The van der Waals surface area contributed by atoms with Gasteiger partial charge in [-0.05, 0) is 48.7 Å². The topological polar surface area (TPSA) is 73.6 Å². The number of hydrogen-bond donors (Lipinski definition) is 1. The van der Waals surface area contributed by atoms with Crippen LogP contribution in [0.25, 0.3) is 11.1 Å². The molecule has 0 aliphatic rings. The van der Waals surface area contributed by atoms with Gasteiger partial charge < -0.3 is 19.3 Å². The van der Waals surface area contributed by atoms with Crippen molar-refractivity contribution >= 4 is 5.91 Å². The van der Waals surface area contributed by atoms with E-state index in [1.165, 1.54) is 6.92 Å². The van der Waals surface area contributed by atoms with Crippen molar-refractivity contribution in [3.05, 3.63) is 101 Å². The first-order valence-electron chi connectivity index (χ1n) is 11.1. The average Bonchev–Trinajstić information content (AvgIpc) is 3.18. The first kappa shape index (κ1) is 23.1. The first-order valence-corrected chi connectivity index (χ1v) is 11.1. The molecule has 1 heterocycles. The summed E-state index contributed by atoms with van der Waals surface area (Å²) in [5, 5.41) is 7.02. The van der Waals surface area contributed by atoms with Gasteiger partial charge in [0.15, 0.2) is 0 Å². The van der Waals surface area contributed by atoms with E-state index in [2.05, 4.69) is 10.5 Å². The number of methoxy groups -OCH3 is 1. The van der Waals surface area contributed by atoms with Gasteiger partial charge >= 0.3 is 0 Å². The van der Waals surface area contributed by atoms with E-state index in [-0.39, 0.29) is 11.9 Å². The number of hydrogen-bond acceptors (Lipinski definition) is 5. The second-order valence-electron chi connectivity index (χ2n) is 8.12. The Bertz CT molecular complexity index is 1240. The Morgan fingerprint density at radius 3 is 2.21 bits per heavy atom. The van der Waals surface area contributed by atoms with Crippen LogP contribution in [0.2, 0.25) is 0 Å². The predicted molar refractivity (Wildman–Crippen MR) is 131 cm³/mol. The third-order valence-electron chi connectivity index (χ3n) is 5.79. The number of aromatic nitrogens is 1. The highest BCUT2D eigenvalue weighted by Crippen LogP contribution is 2.32. The highest BCUT2D eigenvalue weighted by molar-refractivity contribution is 5.74. The van der Waals surface area contributed by atoms with Crippen molar-refractivity contribution in [1.29, 1.82) is 0 Å². The van der Waals surface area contributed by atoms with Gasteiger partial charge in [0.25, 0.3) is 0 Å². The molecule has 0 saturated carbocycles. The molecule has 0 saturated heterocycles. The van der Waals surface area contributed by atoms with Crippen molar-refractivity contribution in [3.63, 3.8) is 0 Å². The Morgan fingerprint density at radius 2 is 1.62 bits per heavy atom. The fraction of sp³-hybridized carbons (Fsp3) is 0.214. The molecule has 1 amide bonds. The number of rotatable bonds is 8. The van der Waals surface area contributed by atoms with Crippen LogP contribution < -0.4 is 14.8 Å². The monoisotopic (exact) mass is 456 g/mol. The van der Waals surface area contributed by atoms with Gasteiger partial charge in [0, 0.05) is 12.5 Å². The molecule has 174 valence electrons. The van der Waals surface area contributed by atoms with E-state index in [0.717, 1.165) is 50.8 Å². The minimum atomic E-state index is -0.277. The molecule has 1 aromatic heterocycles. The van der Waals surface area contributed by atoms with Crippen molar-refractivity contribution in [2.24, 2.45) is 0 Å². The number of aryl methyl sites for hydroxylation is 2.